The molecule has 1 saturated carbocycles. The molecule has 2 fully saturated rings. The van der Waals surface area contributed by atoms with Gasteiger partial charge in [-0.3, -0.25) is 4.99 Å². The molecule has 0 aromatic heterocycles. The Morgan fingerprint density at radius 1 is 1.15 bits per heavy atom. The summed E-state index contributed by atoms with van der Waals surface area (Å²) in [6, 6.07) is 1.23. The number of piperidine rings is 1. The Hall–Kier alpha value is -0.860. The van der Waals surface area contributed by atoms with Gasteiger partial charge in [-0.2, -0.15) is 0 Å². The molecule has 7 nitrogen and oxygen atoms in total. The van der Waals surface area contributed by atoms with Crippen LogP contribution in [0.2, 0.25) is 0 Å². The molecule has 8 heteroatoms. The number of aliphatic imine (C=N–C) groups is 1. The maximum absolute atomic E-state index is 11.5. The van der Waals surface area contributed by atoms with E-state index in [1.54, 1.807) is 0 Å². The van der Waals surface area contributed by atoms with E-state index >= 15 is 0 Å². The Labute approximate surface area is 159 Å². The van der Waals surface area contributed by atoms with Gasteiger partial charge in [0.25, 0.3) is 0 Å². The lowest BCUT2D eigenvalue weighted by Gasteiger charge is -2.36. The van der Waals surface area contributed by atoms with Crippen LogP contribution in [0.5, 0.6) is 0 Å². The van der Waals surface area contributed by atoms with Gasteiger partial charge in [-0.25, -0.2) is 13.1 Å². The normalized spacial score (nSPS) is 21.9. The van der Waals surface area contributed by atoms with E-state index in [-0.39, 0.29) is 0 Å². The summed E-state index contributed by atoms with van der Waals surface area (Å²) in [5, 5.41) is 6.82. The maximum Gasteiger partial charge on any atom is 0.209 e. The van der Waals surface area contributed by atoms with Gasteiger partial charge < -0.3 is 15.5 Å². The van der Waals surface area contributed by atoms with Crippen LogP contribution in [0.4, 0.5) is 0 Å². The molecule has 0 radical (unpaired) electrons. The largest absolute Gasteiger partial charge is 0.357 e. The van der Waals surface area contributed by atoms with E-state index in [4.69, 9.17) is 0 Å². The third-order valence-electron chi connectivity index (χ3n) is 5.15. The Morgan fingerprint density at radius 2 is 1.77 bits per heavy atom. The predicted molar refractivity (Wildman–Crippen MR) is 108 cm³/mol. The molecule has 0 spiro atoms. The molecule has 2 aliphatic rings. The monoisotopic (exact) mass is 387 g/mol. The Balaban J connectivity index is 1.85. The van der Waals surface area contributed by atoms with E-state index in [0.29, 0.717) is 12.6 Å². The summed E-state index contributed by atoms with van der Waals surface area (Å²) in [5.41, 5.74) is -0.609. The van der Waals surface area contributed by atoms with Gasteiger partial charge in [0.2, 0.25) is 10.0 Å². The second-order valence-corrected chi connectivity index (χ2v) is 10.1. The zero-order valence-electron chi connectivity index (χ0n) is 16.8. The van der Waals surface area contributed by atoms with Crippen molar-refractivity contribution in [1.29, 1.82) is 0 Å². The summed E-state index contributed by atoms with van der Waals surface area (Å²) in [7, 11) is -3.25. The zero-order valence-corrected chi connectivity index (χ0v) is 17.7. The highest BCUT2D eigenvalue weighted by molar-refractivity contribution is 7.88. The minimum atomic E-state index is -3.25. The first-order valence-electron chi connectivity index (χ1n) is 9.96. The molecule has 152 valence electrons. The van der Waals surface area contributed by atoms with Crippen LogP contribution in [0.25, 0.3) is 0 Å². The molecule has 0 amide bonds. The molecule has 0 aromatic carbocycles. The molecule has 3 N–H and O–H groups in total. The number of likely N-dealkylation sites (tertiary alicyclic amines) is 1. The average Bonchev–Trinajstić information content (AvgIpc) is 3.06. The fourth-order valence-electron chi connectivity index (χ4n) is 4.00. The second-order valence-electron chi connectivity index (χ2n) is 8.35. The molecule has 1 aliphatic heterocycles. The fraction of sp³-hybridized carbons (Fsp3) is 0.944. The van der Waals surface area contributed by atoms with Gasteiger partial charge in [0.05, 0.1) is 12.8 Å². The first-order chi connectivity index (χ1) is 12.2. The highest BCUT2D eigenvalue weighted by Crippen LogP contribution is 2.26. The third kappa shape index (κ3) is 7.40. The van der Waals surface area contributed by atoms with E-state index in [1.165, 1.54) is 31.9 Å². The van der Waals surface area contributed by atoms with Crippen LogP contribution < -0.4 is 15.4 Å². The van der Waals surface area contributed by atoms with Gasteiger partial charge in [-0.1, -0.05) is 12.8 Å². The van der Waals surface area contributed by atoms with E-state index in [0.717, 1.165) is 44.5 Å². The molecule has 1 saturated heterocycles. The molecule has 0 aromatic rings. The maximum atomic E-state index is 11.5. The number of rotatable bonds is 7. The minimum Gasteiger partial charge on any atom is -0.357 e. The number of hydrogen-bond donors (Lipinski definition) is 3. The number of nitrogens with one attached hydrogen (secondary N) is 3. The second kappa shape index (κ2) is 9.37. The summed E-state index contributed by atoms with van der Waals surface area (Å²) in [6.45, 7) is 9.22. The van der Waals surface area contributed by atoms with E-state index < -0.39 is 15.6 Å². The quantitative estimate of drug-likeness (QED) is 0.453. The number of hydrogen-bond acceptors (Lipinski definition) is 4. The van der Waals surface area contributed by atoms with Crippen LogP contribution in [-0.2, 0) is 10.0 Å². The predicted octanol–water partition coefficient (Wildman–Crippen LogP) is 1.28. The molecule has 1 aliphatic carbocycles. The average molecular weight is 388 g/mol. The van der Waals surface area contributed by atoms with Gasteiger partial charge in [-0.15, -0.1) is 0 Å². The molecule has 0 bridgehead atoms. The lowest BCUT2D eigenvalue weighted by Crippen LogP contribution is -2.51. The Bertz CT molecular complexity index is 562. The van der Waals surface area contributed by atoms with Crippen molar-refractivity contribution < 1.29 is 8.42 Å². The standard InChI is InChI=1S/C18H37N5O2S/c1-5-19-17(20-14-18(2,3)22-26(4,24)25)21-15-10-12-23(13-11-15)16-8-6-7-9-16/h15-16,22H,5-14H2,1-4H3,(H2,19,20,21). The molecule has 0 atom stereocenters. The fourth-order valence-corrected chi connectivity index (χ4v) is 5.07. The van der Waals surface area contributed by atoms with Crippen molar-refractivity contribution in [2.45, 2.75) is 76.9 Å². The Morgan fingerprint density at radius 3 is 2.31 bits per heavy atom. The molecule has 0 unspecified atom stereocenters. The first kappa shape index (κ1) is 21.4. The van der Waals surface area contributed by atoms with Crippen molar-refractivity contribution in [3.63, 3.8) is 0 Å². The van der Waals surface area contributed by atoms with Gasteiger partial charge in [-0.05, 0) is 46.5 Å². The van der Waals surface area contributed by atoms with Crippen molar-refractivity contribution in [2.24, 2.45) is 4.99 Å². The van der Waals surface area contributed by atoms with Crippen molar-refractivity contribution in [3.8, 4) is 0 Å². The van der Waals surface area contributed by atoms with Crippen LogP contribution >= 0.6 is 0 Å². The van der Waals surface area contributed by atoms with Crippen molar-refractivity contribution in [1.82, 2.24) is 20.3 Å². The van der Waals surface area contributed by atoms with Crippen molar-refractivity contribution in [2.75, 3.05) is 32.4 Å². The van der Waals surface area contributed by atoms with Crippen LogP contribution in [0, 0.1) is 0 Å². The van der Waals surface area contributed by atoms with E-state index in [1.807, 2.05) is 20.8 Å². The SMILES string of the molecule is CCNC(=NCC(C)(C)NS(C)(=O)=O)NC1CCN(C2CCCC2)CC1. The smallest absolute Gasteiger partial charge is 0.209 e. The summed E-state index contributed by atoms with van der Waals surface area (Å²) in [4.78, 5) is 7.27. The lowest BCUT2D eigenvalue weighted by atomic mass is 10.0. The molecule has 2 rings (SSSR count). The van der Waals surface area contributed by atoms with Gasteiger partial charge in [0, 0.05) is 37.3 Å². The van der Waals surface area contributed by atoms with E-state index in [9.17, 15) is 8.42 Å². The molecule has 1 heterocycles. The number of nitrogens with zero attached hydrogens (tertiary/aromatic N) is 2. The van der Waals surface area contributed by atoms with Crippen molar-refractivity contribution >= 4 is 16.0 Å². The van der Waals surface area contributed by atoms with Crippen LogP contribution in [-0.4, -0.2) is 69.3 Å². The summed E-state index contributed by atoms with van der Waals surface area (Å²) >= 11 is 0. The van der Waals surface area contributed by atoms with Gasteiger partial charge in [0.1, 0.15) is 0 Å². The first-order valence-corrected chi connectivity index (χ1v) is 11.9. The number of sulfonamides is 1. The summed E-state index contributed by atoms with van der Waals surface area (Å²) < 4.78 is 25.6. The minimum absolute atomic E-state index is 0.385. The van der Waals surface area contributed by atoms with E-state index in [2.05, 4.69) is 25.2 Å². The number of guanidine groups is 1. The molecular weight excluding hydrogens is 350 g/mol. The van der Waals surface area contributed by atoms with Crippen LogP contribution in [0.1, 0.15) is 59.3 Å². The van der Waals surface area contributed by atoms with Crippen LogP contribution in [0.15, 0.2) is 4.99 Å². The Kier molecular flexibility index (Phi) is 7.73. The van der Waals surface area contributed by atoms with Crippen LogP contribution in [0.3, 0.4) is 0 Å². The van der Waals surface area contributed by atoms with Crippen molar-refractivity contribution in [3.05, 3.63) is 0 Å². The van der Waals surface area contributed by atoms with Gasteiger partial charge >= 0.3 is 0 Å². The summed E-state index contributed by atoms with van der Waals surface area (Å²) in [6.07, 6.45) is 8.95. The molecular formula is C18H37N5O2S. The molecule has 26 heavy (non-hydrogen) atoms. The zero-order chi connectivity index (χ0) is 19.2. The van der Waals surface area contributed by atoms with Gasteiger partial charge in [0.15, 0.2) is 5.96 Å². The third-order valence-corrected chi connectivity index (χ3v) is 6.07. The highest BCUT2D eigenvalue weighted by Gasteiger charge is 2.27. The lowest BCUT2D eigenvalue weighted by molar-refractivity contribution is 0.150. The highest BCUT2D eigenvalue weighted by atomic mass is 32.2. The topological polar surface area (TPSA) is 85.8 Å². The summed E-state index contributed by atoms with van der Waals surface area (Å²) in [5.74, 6) is 0.773.